The molecule has 0 radical (unpaired) electrons. The first-order valence-electron chi connectivity index (χ1n) is 7.64. The second kappa shape index (κ2) is 5.14. The van der Waals surface area contributed by atoms with Gasteiger partial charge in [0, 0.05) is 31.7 Å². The molecular formula is C15H21N5. The van der Waals surface area contributed by atoms with Crippen LogP contribution in [0.1, 0.15) is 18.7 Å². The molecule has 0 aliphatic carbocycles. The van der Waals surface area contributed by atoms with Gasteiger partial charge in [-0.3, -0.25) is 4.40 Å². The first-order chi connectivity index (χ1) is 9.90. The molecule has 1 N–H and O–H groups in total. The van der Waals surface area contributed by atoms with Crippen LogP contribution in [-0.2, 0) is 6.42 Å². The number of rotatable bonds is 4. The summed E-state index contributed by atoms with van der Waals surface area (Å²) in [7, 11) is 0. The Morgan fingerprint density at radius 1 is 1.20 bits per heavy atom. The SMILES string of the molecule is c1ccn2c(CCNC3CN4CCC3CC4)nnc2c1. The molecule has 3 aliphatic rings. The van der Waals surface area contributed by atoms with Crippen LogP contribution in [0.2, 0.25) is 0 Å². The second-order valence-corrected chi connectivity index (χ2v) is 5.99. The van der Waals surface area contributed by atoms with E-state index in [-0.39, 0.29) is 0 Å². The van der Waals surface area contributed by atoms with Gasteiger partial charge in [-0.25, -0.2) is 0 Å². The number of piperidine rings is 3. The second-order valence-electron chi connectivity index (χ2n) is 5.99. The molecule has 1 atom stereocenters. The highest BCUT2D eigenvalue weighted by Crippen LogP contribution is 2.27. The first-order valence-corrected chi connectivity index (χ1v) is 7.64. The summed E-state index contributed by atoms with van der Waals surface area (Å²) in [6.07, 6.45) is 5.71. The van der Waals surface area contributed by atoms with E-state index >= 15 is 0 Å². The highest BCUT2D eigenvalue weighted by molar-refractivity contribution is 5.36. The third kappa shape index (κ3) is 2.21. The van der Waals surface area contributed by atoms with Crippen molar-refractivity contribution in [2.45, 2.75) is 25.3 Å². The fraction of sp³-hybridized carbons (Fsp3) is 0.600. The number of aromatic nitrogens is 3. The molecule has 2 aromatic heterocycles. The van der Waals surface area contributed by atoms with Crippen LogP contribution in [0.25, 0.3) is 5.65 Å². The van der Waals surface area contributed by atoms with Gasteiger partial charge in [-0.15, -0.1) is 10.2 Å². The van der Waals surface area contributed by atoms with Crippen LogP contribution in [-0.4, -0.2) is 51.7 Å². The van der Waals surface area contributed by atoms with Gasteiger partial charge in [-0.05, 0) is 44.0 Å². The van der Waals surface area contributed by atoms with Gasteiger partial charge in [0.2, 0.25) is 0 Å². The van der Waals surface area contributed by atoms with Gasteiger partial charge in [-0.2, -0.15) is 0 Å². The summed E-state index contributed by atoms with van der Waals surface area (Å²) in [6, 6.07) is 6.70. The van der Waals surface area contributed by atoms with Gasteiger partial charge in [0.25, 0.3) is 0 Å². The van der Waals surface area contributed by atoms with Crippen molar-refractivity contribution in [1.82, 2.24) is 24.8 Å². The number of hydrogen-bond donors (Lipinski definition) is 1. The standard InChI is InChI=1S/C15H21N5/c1-2-8-20-14(3-1)17-18-15(20)4-7-16-13-11-19-9-5-12(13)6-10-19/h1-3,8,12-13,16H,4-7,9-11H2. The van der Waals surface area contributed by atoms with Crippen LogP contribution in [0.5, 0.6) is 0 Å². The first kappa shape index (κ1) is 12.3. The smallest absolute Gasteiger partial charge is 0.160 e. The van der Waals surface area contributed by atoms with Crippen molar-refractivity contribution >= 4 is 5.65 Å². The summed E-state index contributed by atoms with van der Waals surface area (Å²) in [5, 5.41) is 12.2. The van der Waals surface area contributed by atoms with Gasteiger partial charge >= 0.3 is 0 Å². The number of nitrogens with one attached hydrogen (secondary N) is 1. The van der Waals surface area contributed by atoms with Gasteiger partial charge in [0.15, 0.2) is 5.65 Å². The molecule has 5 heteroatoms. The molecule has 3 aliphatic heterocycles. The molecular weight excluding hydrogens is 250 g/mol. The van der Waals surface area contributed by atoms with Crippen LogP contribution >= 0.6 is 0 Å². The summed E-state index contributed by atoms with van der Waals surface area (Å²) >= 11 is 0. The van der Waals surface area contributed by atoms with E-state index in [1.165, 1.54) is 32.5 Å². The van der Waals surface area contributed by atoms with Crippen molar-refractivity contribution in [3.63, 3.8) is 0 Å². The molecule has 1 unspecified atom stereocenters. The predicted octanol–water partition coefficient (Wildman–Crippen LogP) is 0.956. The van der Waals surface area contributed by atoms with E-state index in [4.69, 9.17) is 0 Å². The molecule has 0 spiro atoms. The summed E-state index contributed by atoms with van der Waals surface area (Å²) in [5.74, 6) is 1.93. The van der Waals surface area contributed by atoms with Gasteiger partial charge in [-0.1, -0.05) is 6.07 Å². The van der Waals surface area contributed by atoms with E-state index in [2.05, 4.69) is 24.8 Å². The molecule has 3 fully saturated rings. The Bertz CT molecular complexity index is 585. The lowest BCUT2D eigenvalue weighted by atomic mass is 9.84. The summed E-state index contributed by atoms with van der Waals surface area (Å²) in [5.41, 5.74) is 0.935. The number of fused-ring (bicyclic) bond motifs is 4. The van der Waals surface area contributed by atoms with Crippen molar-refractivity contribution in [3.8, 4) is 0 Å². The van der Waals surface area contributed by atoms with Crippen molar-refractivity contribution in [2.75, 3.05) is 26.2 Å². The van der Waals surface area contributed by atoms with Gasteiger partial charge in [0.1, 0.15) is 5.82 Å². The minimum Gasteiger partial charge on any atom is -0.312 e. The summed E-state index contributed by atoms with van der Waals surface area (Å²) in [6.45, 7) is 4.82. The minimum atomic E-state index is 0.677. The Balaban J connectivity index is 1.37. The van der Waals surface area contributed by atoms with E-state index < -0.39 is 0 Å². The zero-order chi connectivity index (χ0) is 13.4. The van der Waals surface area contributed by atoms with Crippen LogP contribution in [0.3, 0.4) is 0 Å². The molecule has 5 heterocycles. The lowest BCUT2D eigenvalue weighted by Gasteiger charge is -2.45. The van der Waals surface area contributed by atoms with Crippen molar-refractivity contribution in [3.05, 3.63) is 30.2 Å². The zero-order valence-corrected chi connectivity index (χ0v) is 11.7. The van der Waals surface area contributed by atoms with E-state index in [9.17, 15) is 0 Å². The normalized spacial score (nSPS) is 29.1. The zero-order valence-electron chi connectivity index (χ0n) is 11.7. The molecule has 0 saturated carbocycles. The van der Waals surface area contributed by atoms with Crippen LogP contribution < -0.4 is 5.32 Å². The monoisotopic (exact) mass is 271 g/mol. The molecule has 106 valence electrons. The Kier molecular flexibility index (Phi) is 3.16. The molecule has 5 rings (SSSR count). The maximum Gasteiger partial charge on any atom is 0.160 e. The minimum absolute atomic E-state index is 0.677. The van der Waals surface area contributed by atoms with Crippen LogP contribution in [0, 0.1) is 5.92 Å². The maximum absolute atomic E-state index is 4.29. The highest BCUT2D eigenvalue weighted by Gasteiger charge is 2.33. The molecule has 5 nitrogen and oxygen atoms in total. The lowest BCUT2D eigenvalue weighted by molar-refractivity contribution is 0.0730. The Morgan fingerprint density at radius 3 is 2.90 bits per heavy atom. The van der Waals surface area contributed by atoms with Gasteiger partial charge < -0.3 is 10.2 Å². The number of nitrogens with zero attached hydrogens (tertiary/aromatic N) is 4. The van der Waals surface area contributed by atoms with Crippen molar-refractivity contribution < 1.29 is 0 Å². The third-order valence-corrected chi connectivity index (χ3v) is 4.80. The highest BCUT2D eigenvalue weighted by atomic mass is 15.2. The lowest BCUT2D eigenvalue weighted by Crippen LogP contribution is -2.56. The van der Waals surface area contributed by atoms with Crippen LogP contribution in [0.15, 0.2) is 24.4 Å². The van der Waals surface area contributed by atoms with Crippen molar-refractivity contribution in [1.29, 1.82) is 0 Å². The molecule has 2 aromatic rings. The molecule has 2 bridgehead atoms. The average molecular weight is 271 g/mol. The Labute approximate surface area is 119 Å². The maximum atomic E-state index is 4.29. The number of pyridine rings is 1. The quantitative estimate of drug-likeness (QED) is 0.899. The van der Waals surface area contributed by atoms with E-state index in [1.54, 1.807) is 0 Å². The molecule has 0 aromatic carbocycles. The largest absolute Gasteiger partial charge is 0.312 e. The fourth-order valence-electron chi connectivity index (χ4n) is 3.63. The molecule has 20 heavy (non-hydrogen) atoms. The van der Waals surface area contributed by atoms with Gasteiger partial charge in [0.05, 0.1) is 0 Å². The average Bonchev–Trinajstić information content (AvgIpc) is 2.92. The fourth-order valence-corrected chi connectivity index (χ4v) is 3.63. The Morgan fingerprint density at radius 2 is 2.10 bits per heavy atom. The summed E-state index contributed by atoms with van der Waals surface area (Å²) < 4.78 is 2.08. The third-order valence-electron chi connectivity index (χ3n) is 4.80. The molecule has 0 amide bonds. The van der Waals surface area contributed by atoms with Crippen molar-refractivity contribution in [2.24, 2.45) is 5.92 Å². The topological polar surface area (TPSA) is 45.5 Å². The number of hydrogen-bond acceptors (Lipinski definition) is 4. The Hall–Kier alpha value is -1.46. The van der Waals surface area contributed by atoms with E-state index in [1.807, 2.05) is 24.4 Å². The van der Waals surface area contributed by atoms with E-state index in [0.717, 1.165) is 30.4 Å². The summed E-state index contributed by atoms with van der Waals surface area (Å²) in [4.78, 5) is 2.59. The predicted molar refractivity (Wildman–Crippen MR) is 77.6 cm³/mol. The van der Waals surface area contributed by atoms with E-state index in [0.29, 0.717) is 6.04 Å². The molecule has 3 saturated heterocycles. The van der Waals surface area contributed by atoms with Crippen LogP contribution in [0.4, 0.5) is 0 Å².